The molecule has 0 N–H and O–H groups in total. The Morgan fingerprint density at radius 3 is 2.20 bits per heavy atom. The molecule has 0 aromatic carbocycles. The lowest BCUT2D eigenvalue weighted by Gasteiger charge is -2.40. The minimum absolute atomic E-state index is 0.641. The zero-order valence-corrected chi connectivity index (χ0v) is 10.9. The highest BCUT2D eigenvalue weighted by Gasteiger charge is 2.30. The predicted octanol–water partition coefficient (Wildman–Crippen LogP) is 3.68. The van der Waals surface area contributed by atoms with Gasteiger partial charge in [-0.3, -0.25) is 4.90 Å². The number of hydrogen-bond donors (Lipinski definition) is 0. The van der Waals surface area contributed by atoms with Gasteiger partial charge in [0.05, 0.1) is 0 Å². The normalized spacial score (nSPS) is 22.3. The van der Waals surface area contributed by atoms with Crippen LogP contribution in [-0.4, -0.2) is 30.4 Å². The van der Waals surface area contributed by atoms with E-state index >= 15 is 0 Å². The highest BCUT2D eigenvalue weighted by molar-refractivity contribution is 6.18. The molecule has 0 amide bonds. The van der Waals surface area contributed by atoms with Crippen molar-refractivity contribution in [3.8, 4) is 0 Å². The average molecular weight is 230 g/mol. The van der Waals surface area contributed by atoms with Crippen LogP contribution >= 0.6 is 11.6 Å². The van der Waals surface area contributed by atoms with E-state index in [-0.39, 0.29) is 0 Å². The smallest absolute Gasteiger partial charge is 0.0404 e. The van der Waals surface area contributed by atoms with E-state index in [0.29, 0.717) is 11.3 Å². The van der Waals surface area contributed by atoms with E-state index < -0.39 is 0 Å². The highest BCUT2D eigenvalue weighted by Crippen LogP contribution is 2.37. The maximum absolute atomic E-state index is 5.60. The Bertz CT molecular complexity index is 187. The molecule has 1 heterocycles. The minimum Gasteiger partial charge on any atom is -0.300 e. The molecule has 0 aliphatic carbocycles. The number of halogens is 1. The number of rotatable bonds is 5. The van der Waals surface area contributed by atoms with Crippen LogP contribution in [0.15, 0.2) is 12.2 Å². The van der Waals surface area contributed by atoms with E-state index in [1.54, 1.807) is 0 Å². The van der Waals surface area contributed by atoms with E-state index in [0.717, 1.165) is 6.54 Å². The van der Waals surface area contributed by atoms with E-state index in [1.807, 2.05) is 6.08 Å². The third kappa shape index (κ3) is 3.81. The molecule has 1 nitrogen and oxygen atoms in total. The first kappa shape index (κ1) is 13.1. The van der Waals surface area contributed by atoms with Gasteiger partial charge in [0.15, 0.2) is 0 Å². The number of alkyl halides is 1. The van der Waals surface area contributed by atoms with Gasteiger partial charge in [-0.2, -0.15) is 0 Å². The van der Waals surface area contributed by atoms with Gasteiger partial charge in [-0.05, 0) is 31.3 Å². The van der Waals surface area contributed by atoms with Gasteiger partial charge in [0.2, 0.25) is 0 Å². The quantitative estimate of drug-likeness (QED) is 0.514. The Kier molecular flexibility index (Phi) is 5.70. The number of likely N-dealkylation sites (tertiary alicyclic amines) is 1. The molecule has 0 saturated carbocycles. The molecule has 88 valence electrons. The van der Waals surface area contributed by atoms with Gasteiger partial charge in [-0.25, -0.2) is 0 Å². The lowest BCUT2D eigenvalue weighted by Crippen LogP contribution is -2.39. The van der Waals surface area contributed by atoms with Crippen molar-refractivity contribution in [1.82, 2.24) is 4.90 Å². The van der Waals surface area contributed by atoms with E-state index in [2.05, 4.69) is 24.8 Å². The van der Waals surface area contributed by atoms with Crippen molar-refractivity contribution in [3.05, 3.63) is 12.2 Å². The molecule has 0 aromatic heterocycles. The van der Waals surface area contributed by atoms with Gasteiger partial charge in [-0.1, -0.05) is 38.8 Å². The molecule has 0 aromatic rings. The molecule has 1 rings (SSSR count). The highest BCUT2D eigenvalue weighted by atomic mass is 35.5. The largest absolute Gasteiger partial charge is 0.300 e. The first-order chi connectivity index (χ1) is 7.26. The van der Waals surface area contributed by atoms with Crippen LogP contribution in [0.2, 0.25) is 0 Å². The SMILES string of the molecule is CCC1(CC)CCN(CC=CCCl)CC1. The van der Waals surface area contributed by atoms with Crippen LogP contribution in [0.3, 0.4) is 0 Å². The molecule has 15 heavy (non-hydrogen) atoms. The van der Waals surface area contributed by atoms with Crippen molar-refractivity contribution in [2.45, 2.75) is 39.5 Å². The van der Waals surface area contributed by atoms with Crippen LogP contribution < -0.4 is 0 Å². The Morgan fingerprint density at radius 2 is 1.73 bits per heavy atom. The zero-order valence-electron chi connectivity index (χ0n) is 10.1. The third-order valence-corrected chi connectivity index (χ3v) is 4.21. The summed E-state index contributed by atoms with van der Waals surface area (Å²) in [6.45, 7) is 8.28. The fourth-order valence-electron chi connectivity index (χ4n) is 2.45. The lowest BCUT2D eigenvalue weighted by molar-refractivity contribution is 0.103. The molecule has 1 aliphatic heterocycles. The molecule has 1 aliphatic rings. The number of piperidine rings is 1. The van der Waals surface area contributed by atoms with E-state index in [4.69, 9.17) is 11.6 Å². The summed E-state index contributed by atoms with van der Waals surface area (Å²) in [6.07, 6.45) is 9.66. The Morgan fingerprint density at radius 1 is 1.13 bits per heavy atom. The summed E-state index contributed by atoms with van der Waals surface area (Å²) in [7, 11) is 0. The average Bonchev–Trinajstić information content (AvgIpc) is 2.31. The number of allylic oxidation sites excluding steroid dienone is 1. The standard InChI is InChI=1S/C13H24ClN/c1-3-13(4-2)7-11-15(12-8-13)10-6-5-9-14/h5-6H,3-4,7-12H2,1-2H3. The predicted molar refractivity (Wildman–Crippen MR) is 68.5 cm³/mol. The summed E-state index contributed by atoms with van der Waals surface area (Å²) >= 11 is 5.60. The second-order valence-corrected chi connectivity index (χ2v) is 4.94. The summed E-state index contributed by atoms with van der Waals surface area (Å²) in [4.78, 5) is 2.53. The maximum atomic E-state index is 5.60. The van der Waals surface area contributed by atoms with E-state index in [9.17, 15) is 0 Å². The van der Waals surface area contributed by atoms with Gasteiger partial charge < -0.3 is 0 Å². The van der Waals surface area contributed by atoms with Crippen LogP contribution in [-0.2, 0) is 0 Å². The Hall–Kier alpha value is -0.0100. The summed E-state index contributed by atoms with van der Waals surface area (Å²) in [6, 6.07) is 0. The monoisotopic (exact) mass is 229 g/mol. The molecule has 0 spiro atoms. The molecule has 0 bridgehead atoms. The van der Waals surface area contributed by atoms with Crippen LogP contribution in [0.5, 0.6) is 0 Å². The molecule has 2 heteroatoms. The molecule has 0 unspecified atom stereocenters. The summed E-state index contributed by atoms with van der Waals surface area (Å²) < 4.78 is 0. The summed E-state index contributed by atoms with van der Waals surface area (Å²) in [5, 5.41) is 0. The van der Waals surface area contributed by atoms with Crippen molar-refractivity contribution >= 4 is 11.6 Å². The van der Waals surface area contributed by atoms with Gasteiger partial charge in [0, 0.05) is 12.4 Å². The molecular formula is C13H24ClN. The second kappa shape index (κ2) is 6.55. The Balaban J connectivity index is 2.31. The van der Waals surface area contributed by atoms with Gasteiger partial charge in [0.25, 0.3) is 0 Å². The molecule has 0 atom stereocenters. The van der Waals surface area contributed by atoms with Gasteiger partial charge >= 0.3 is 0 Å². The van der Waals surface area contributed by atoms with Crippen LogP contribution in [0.4, 0.5) is 0 Å². The van der Waals surface area contributed by atoms with Crippen LogP contribution in [0, 0.1) is 5.41 Å². The molecule has 1 saturated heterocycles. The first-order valence-corrected chi connectivity index (χ1v) is 6.73. The molecule has 0 radical (unpaired) electrons. The second-order valence-electron chi connectivity index (χ2n) is 4.63. The minimum atomic E-state index is 0.641. The molecule has 1 fully saturated rings. The van der Waals surface area contributed by atoms with E-state index in [1.165, 1.54) is 38.8 Å². The van der Waals surface area contributed by atoms with Crippen molar-refractivity contribution < 1.29 is 0 Å². The maximum Gasteiger partial charge on any atom is 0.0404 e. The third-order valence-electron chi connectivity index (χ3n) is 4.04. The van der Waals surface area contributed by atoms with Crippen molar-refractivity contribution in [2.75, 3.05) is 25.5 Å². The van der Waals surface area contributed by atoms with Crippen molar-refractivity contribution in [2.24, 2.45) is 5.41 Å². The van der Waals surface area contributed by atoms with Crippen LogP contribution in [0.1, 0.15) is 39.5 Å². The fourth-order valence-corrected chi connectivity index (χ4v) is 2.58. The van der Waals surface area contributed by atoms with Crippen molar-refractivity contribution in [1.29, 1.82) is 0 Å². The summed E-state index contributed by atoms with van der Waals surface area (Å²) in [5.41, 5.74) is 0.646. The number of hydrogen-bond acceptors (Lipinski definition) is 1. The first-order valence-electron chi connectivity index (χ1n) is 6.19. The zero-order chi connectivity index (χ0) is 11.1. The van der Waals surface area contributed by atoms with Crippen LogP contribution in [0.25, 0.3) is 0 Å². The Labute approximate surface area is 99.5 Å². The van der Waals surface area contributed by atoms with Gasteiger partial charge in [-0.15, -0.1) is 11.6 Å². The summed E-state index contributed by atoms with van der Waals surface area (Å²) in [5.74, 6) is 0.641. The van der Waals surface area contributed by atoms with Crippen molar-refractivity contribution in [3.63, 3.8) is 0 Å². The molecular weight excluding hydrogens is 206 g/mol. The fraction of sp³-hybridized carbons (Fsp3) is 0.846. The lowest BCUT2D eigenvalue weighted by atomic mass is 9.74. The number of nitrogens with zero attached hydrogens (tertiary/aromatic N) is 1. The topological polar surface area (TPSA) is 3.24 Å². The van der Waals surface area contributed by atoms with Gasteiger partial charge in [0.1, 0.15) is 0 Å².